The smallest absolute Gasteiger partial charge is 0.0462 e. The third kappa shape index (κ3) is 4.67. The molecule has 1 nitrogen and oxygen atoms in total. The first kappa shape index (κ1) is 29.9. The van der Waals surface area contributed by atoms with Gasteiger partial charge in [-0.05, 0) is 98.2 Å². The highest BCUT2D eigenvalue weighted by atomic mass is 32.1. The van der Waals surface area contributed by atoms with E-state index in [1.807, 2.05) is 11.3 Å². The minimum Gasteiger partial charge on any atom is -0.311 e. The summed E-state index contributed by atoms with van der Waals surface area (Å²) in [6.45, 7) is 4.79. The first-order valence-corrected chi connectivity index (χ1v) is 18.5. The molecule has 0 radical (unpaired) electrons. The van der Waals surface area contributed by atoms with Gasteiger partial charge in [0.1, 0.15) is 0 Å². The van der Waals surface area contributed by atoms with E-state index in [1.54, 1.807) is 0 Å². The van der Waals surface area contributed by atoms with Crippen molar-refractivity contribution in [2.24, 2.45) is 0 Å². The fraction of sp³-hybridized carbons (Fsp3) is 0.0612. The average molecular weight is 670 g/mol. The molecule has 0 N–H and O–H groups in total. The van der Waals surface area contributed by atoms with Gasteiger partial charge in [-0.15, -0.1) is 11.3 Å². The largest absolute Gasteiger partial charge is 0.311 e. The Balaban J connectivity index is 1.13. The maximum atomic E-state index is 2.45. The number of thiophene rings is 1. The summed E-state index contributed by atoms with van der Waals surface area (Å²) in [4.78, 5) is 2.32. The third-order valence-corrected chi connectivity index (χ3v) is 12.1. The number of hydrogen-bond acceptors (Lipinski definition) is 2. The van der Waals surface area contributed by atoms with Crippen molar-refractivity contribution in [3.63, 3.8) is 0 Å². The van der Waals surface area contributed by atoms with Crippen LogP contribution < -0.4 is 4.90 Å². The van der Waals surface area contributed by atoms with Crippen LogP contribution in [0.2, 0.25) is 0 Å². The molecule has 10 rings (SSSR count). The van der Waals surface area contributed by atoms with Crippen LogP contribution in [0.4, 0.5) is 17.1 Å². The van der Waals surface area contributed by atoms with Crippen LogP contribution in [0.3, 0.4) is 0 Å². The van der Waals surface area contributed by atoms with Crippen molar-refractivity contribution >= 4 is 59.3 Å². The molecule has 0 atom stereocenters. The van der Waals surface area contributed by atoms with Gasteiger partial charge >= 0.3 is 0 Å². The molecule has 1 heterocycles. The third-order valence-electron chi connectivity index (χ3n) is 10.9. The number of para-hydroxylation sites is 2. The molecule has 1 aliphatic carbocycles. The molecule has 0 unspecified atom stereocenters. The summed E-state index contributed by atoms with van der Waals surface area (Å²) < 4.78 is 2.69. The second kappa shape index (κ2) is 11.6. The fourth-order valence-electron chi connectivity index (χ4n) is 8.37. The van der Waals surface area contributed by atoms with Crippen LogP contribution in [0.15, 0.2) is 176 Å². The van der Waals surface area contributed by atoms with E-state index in [2.05, 4.69) is 195 Å². The van der Waals surface area contributed by atoms with Crippen LogP contribution in [-0.4, -0.2) is 0 Å². The lowest BCUT2D eigenvalue weighted by atomic mass is 9.67. The van der Waals surface area contributed by atoms with Gasteiger partial charge < -0.3 is 4.90 Å². The summed E-state index contributed by atoms with van der Waals surface area (Å²) >= 11 is 1.91. The Labute approximate surface area is 302 Å². The summed E-state index contributed by atoms with van der Waals surface area (Å²) in [6.07, 6.45) is 0. The molecular formula is C49H35NS. The Morgan fingerprint density at radius 2 is 1.08 bits per heavy atom. The lowest BCUT2D eigenvalue weighted by molar-refractivity contribution is 0.645. The molecule has 0 amide bonds. The molecule has 0 saturated heterocycles. The highest BCUT2D eigenvalue weighted by molar-refractivity contribution is 7.26. The SMILES string of the molecule is CC1(C)c2cc(-c3ccc(N(c4ccccc4)c4ccccc4)cc3)ccc2-c2c(-c3cccc4c3sc3ccccc34)ccc3cccc1c23. The van der Waals surface area contributed by atoms with Gasteiger partial charge in [-0.25, -0.2) is 0 Å². The molecule has 2 heteroatoms. The van der Waals surface area contributed by atoms with Crippen molar-refractivity contribution in [1.29, 1.82) is 0 Å². The van der Waals surface area contributed by atoms with E-state index in [9.17, 15) is 0 Å². The Kier molecular flexibility index (Phi) is 6.78. The number of nitrogens with zero attached hydrogens (tertiary/aromatic N) is 1. The maximum absolute atomic E-state index is 2.45. The molecule has 1 aromatic heterocycles. The Hall–Kier alpha value is -5.96. The molecule has 0 spiro atoms. The van der Waals surface area contributed by atoms with Gasteiger partial charge in [-0.3, -0.25) is 0 Å². The first-order chi connectivity index (χ1) is 25.1. The first-order valence-electron chi connectivity index (χ1n) is 17.7. The predicted octanol–water partition coefficient (Wildman–Crippen LogP) is 14.3. The van der Waals surface area contributed by atoms with Gasteiger partial charge in [0.05, 0.1) is 0 Å². The molecule has 1 aliphatic rings. The molecular weight excluding hydrogens is 635 g/mol. The number of benzene rings is 8. The highest BCUT2D eigenvalue weighted by Gasteiger charge is 2.35. The summed E-state index contributed by atoms with van der Waals surface area (Å²) in [5, 5.41) is 5.35. The van der Waals surface area contributed by atoms with Gasteiger partial charge in [-0.2, -0.15) is 0 Å². The zero-order valence-corrected chi connectivity index (χ0v) is 29.4. The quantitative estimate of drug-likeness (QED) is 0.176. The zero-order chi connectivity index (χ0) is 34.1. The van der Waals surface area contributed by atoms with Gasteiger partial charge in [-0.1, -0.05) is 141 Å². The number of hydrogen-bond donors (Lipinski definition) is 0. The van der Waals surface area contributed by atoms with Crippen LogP contribution in [0.1, 0.15) is 25.0 Å². The zero-order valence-electron chi connectivity index (χ0n) is 28.6. The van der Waals surface area contributed by atoms with Crippen LogP contribution in [0, 0.1) is 0 Å². The molecule has 8 aromatic carbocycles. The molecule has 0 aliphatic heterocycles. The van der Waals surface area contributed by atoms with Gasteiger partial charge in [0.15, 0.2) is 0 Å². The molecule has 51 heavy (non-hydrogen) atoms. The summed E-state index contributed by atoms with van der Waals surface area (Å²) in [5.41, 5.74) is 13.8. The van der Waals surface area contributed by atoms with E-state index >= 15 is 0 Å². The average Bonchev–Trinajstić information content (AvgIpc) is 3.57. The second-order valence-electron chi connectivity index (χ2n) is 14.1. The molecule has 0 saturated carbocycles. The van der Waals surface area contributed by atoms with Crippen LogP contribution in [0.25, 0.3) is 64.3 Å². The molecule has 9 aromatic rings. The van der Waals surface area contributed by atoms with Crippen molar-refractivity contribution in [1.82, 2.24) is 0 Å². The molecule has 0 fully saturated rings. The van der Waals surface area contributed by atoms with E-state index in [0.717, 1.165) is 17.1 Å². The van der Waals surface area contributed by atoms with E-state index in [1.165, 1.54) is 75.5 Å². The van der Waals surface area contributed by atoms with Crippen molar-refractivity contribution < 1.29 is 0 Å². The van der Waals surface area contributed by atoms with Crippen molar-refractivity contribution in [2.75, 3.05) is 4.90 Å². The normalized spacial score (nSPS) is 13.1. The van der Waals surface area contributed by atoms with E-state index < -0.39 is 0 Å². The number of anilines is 3. The minimum absolute atomic E-state index is 0.169. The van der Waals surface area contributed by atoms with Crippen molar-refractivity contribution in [3.8, 4) is 33.4 Å². The maximum Gasteiger partial charge on any atom is 0.0462 e. The van der Waals surface area contributed by atoms with Crippen LogP contribution in [-0.2, 0) is 5.41 Å². The monoisotopic (exact) mass is 669 g/mol. The van der Waals surface area contributed by atoms with Crippen molar-refractivity contribution in [2.45, 2.75) is 19.3 Å². The summed E-state index contributed by atoms with van der Waals surface area (Å²) in [5.74, 6) is 0. The lowest BCUT2D eigenvalue weighted by Crippen LogP contribution is -2.24. The van der Waals surface area contributed by atoms with Gasteiger partial charge in [0.25, 0.3) is 0 Å². The van der Waals surface area contributed by atoms with E-state index in [0.29, 0.717) is 0 Å². The lowest BCUT2D eigenvalue weighted by Gasteiger charge is -2.36. The standard InChI is InChI=1S/C49H35NS/c1-49(2)43-21-11-13-33-25-29-39(41-20-12-19-40-38-18-9-10-22-45(38)51-48(40)41)47(46(33)43)42-30-26-34(31-44(42)49)32-23-27-37(28-24-32)50(35-14-5-3-6-15-35)36-16-7-4-8-17-36/h3-31H,1-2H3. The predicted molar refractivity (Wildman–Crippen MR) is 220 cm³/mol. The Morgan fingerprint density at radius 1 is 0.451 bits per heavy atom. The number of rotatable bonds is 5. The minimum atomic E-state index is -0.169. The Morgan fingerprint density at radius 3 is 1.84 bits per heavy atom. The van der Waals surface area contributed by atoms with Crippen LogP contribution in [0.5, 0.6) is 0 Å². The van der Waals surface area contributed by atoms with E-state index in [4.69, 9.17) is 0 Å². The fourth-order valence-corrected chi connectivity index (χ4v) is 9.60. The van der Waals surface area contributed by atoms with Gasteiger partial charge in [0, 0.05) is 48.2 Å². The highest BCUT2D eigenvalue weighted by Crippen LogP contribution is 2.53. The summed E-state index contributed by atoms with van der Waals surface area (Å²) in [6, 6.07) is 64.6. The Bertz CT molecular complexity index is 2720. The van der Waals surface area contributed by atoms with Crippen LogP contribution >= 0.6 is 11.3 Å². The number of fused-ring (bicyclic) bond motifs is 5. The molecule has 242 valence electrons. The second-order valence-corrected chi connectivity index (χ2v) is 15.2. The molecule has 0 bridgehead atoms. The van der Waals surface area contributed by atoms with Crippen molar-refractivity contribution in [3.05, 3.63) is 187 Å². The van der Waals surface area contributed by atoms with Gasteiger partial charge in [0.2, 0.25) is 0 Å². The summed E-state index contributed by atoms with van der Waals surface area (Å²) in [7, 11) is 0. The topological polar surface area (TPSA) is 3.24 Å². The van der Waals surface area contributed by atoms with E-state index in [-0.39, 0.29) is 5.41 Å².